The molecule has 1 rings (SSSR count). The Kier molecular flexibility index (Phi) is 2.23. The minimum Gasteiger partial charge on any atom is -0.481 e. The van der Waals surface area contributed by atoms with Gasteiger partial charge in [-0.05, 0) is 0 Å². The molecule has 88 valence electrons. The van der Waals surface area contributed by atoms with Gasteiger partial charge in [0.2, 0.25) is 0 Å². The first-order valence-corrected chi connectivity index (χ1v) is 3.59. The first kappa shape index (κ1) is 12.1. The summed E-state index contributed by atoms with van der Waals surface area (Å²) in [5.74, 6) is -4.85. The van der Waals surface area contributed by atoms with Gasteiger partial charge in [-0.15, -0.1) is 0 Å². The topological polar surface area (TPSA) is 63.3 Å². The summed E-state index contributed by atoms with van der Waals surface area (Å²) in [5.41, 5.74) is 0.298. The van der Waals surface area contributed by atoms with E-state index in [2.05, 4.69) is 5.73 Å². The second kappa shape index (κ2) is 2.77. The molecule has 1 saturated carbocycles. The van der Waals surface area contributed by atoms with Gasteiger partial charge in [0.25, 0.3) is 0 Å². The van der Waals surface area contributed by atoms with Crippen molar-refractivity contribution >= 4 is 5.97 Å². The van der Waals surface area contributed by atoms with E-state index in [9.17, 15) is 31.1 Å². The highest BCUT2D eigenvalue weighted by molar-refractivity contribution is 5.77. The van der Waals surface area contributed by atoms with Crippen molar-refractivity contribution in [2.75, 3.05) is 0 Å². The van der Waals surface area contributed by atoms with Crippen molar-refractivity contribution in [1.82, 2.24) is 0 Å². The van der Waals surface area contributed by atoms with Gasteiger partial charge in [-0.2, -0.15) is 26.3 Å². The van der Waals surface area contributed by atoms with E-state index < -0.39 is 35.7 Å². The van der Waals surface area contributed by atoms with Gasteiger partial charge in [0.15, 0.2) is 5.41 Å². The molecule has 0 aromatic carbocycles. The first-order valence-electron chi connectivity index (χ1n) is 3.59. The SMILES string of the molecule is NC1C(C(=O)O)C1(C(F)(F)F)C(F)(F)F. The minimum absolute atomic E-state index is 2.20. The van der Waals surface area contributed by atoms with Crippen LogP contribution in [0.15, 0.2) is 0 Å². The summed E-state index contributed by atoms with van der Waals surface area (Å²) in [6, 6.07) is -2.48. The third kappa shape index (κ3) is 1.29. The molecule has 1 aliphatic rings. The molecule has 0 bridgehead atoms. The predicted molar refractivity (Wildman–Crippen MR) is 33.6 cm³/mol. The highest BCUT2D eigenvalue weighted by Gasteiger charge is 2.91. The van der Waals surface area contributed by atoms with Gasteiger partial charge in [0, 0.05) is 6.04 Å². The maximum atomic E-state index is 12.2. The number of rotatable bonds is 1. The number of carboxylic acids is 1. The van der Waals surface area contributed by atoms with E-state index in [1.807, 2.05) is 0 Å². The fraction of sp³-hybridized carbons (Fsp3) is 0.833. The lowest BCUT2D eigenvalue weighted by Crippen LogP contribution is -2.44. The third-order valence-corrected chi connectivity index (χ3v) is 2.47. The largest absolute Gasteiger partial charge is 0.481 e. The maximum Gasteiger partial charge on any atom is 0.405 e. The molecule has 0 amide bonds. The summed E-state index contributed by atoms with van der Waals surface area (Å²) >= 11 is 0. The fourth-order valence-corrected chi connectivity index (χ4v) is 1.65. The van der Waals surface area contributed by atoms with Crippen LogP contribution >= 0.6 is 0 Å². The average molecular weight is 237 g/mol. The molecule has 1 fully saturated rings. The van der Waals surface area contributed by atoms with Crippen molar-refractivity contribution in [2.24, 2.45) is 17.1 Å². The number of nitrogens with two attached hydrogens (primary N) is 1. The van der Waals surface area contributed by atoms with Crippen LogP contribution in [-0.2, 0) is 4.79 Å². The number of hydrogen-bond acceptors (Lipinski definition) is 2. The van der Waals surface area contributed by atoms with E-state index in [0.29, 0.717) is 0 Å². The van der Waals surface area contributed by atoms with E-state index in [1.54, 1.807) is 0 Å². The number of aliphatic carboxylic acids is 1. The number of alkyl halides is 6. The highest BCUT2D eigenvalue weighted by atomic mass is 19.4. The molecule has 0 aromatic heterocycles. The molecule has 3 nitrogen and oxygen atoms in total. The summed E-state index contributed by atoms with van der Waals surface area (Å²) in [4.78, 5) is 10.2. The monoisotopic (exact) mass is 237 g/mol. The van der Waals surface area contributed by atoms with Crippen molar-refractivity contribution in [3.63, 3.8) is 0 Å². The molecule has 3 N–H and O–H groups in total. The van der Waals surface area contributed by atoms with Crippen LogP contribution in [0.3, 0.4) is 0 Å². The van der Waals surface area contributed by atoms with E-state index >= 15 is 0 Å². The molecule has 0 radical (unpaired) electrons. The van der Waals surface area contributed by atoms with Gasteiger partial charge < -0.3 is 10.8 Å². The molecular weight excluding hydrogens is 232 g/mol. The van der Waals surface area contributed by atoms with Crippen LogP contribution in [-0.4, -0.2) is 29.5 Å². The van der Waals surface area contributed by atoms with Gasteiger partial charge in [0.1, 0.15) is 0 Å². The Labute approximate surface area is 78.8 Å². The third-order valence-electron chi connectivity index (χ3n) is 2.47. The van der Waals surface area contributed by atoms with Gasteiger partial charge in [-0.3, -0.25) is 4.79 Å². The van der Waals surface area contributed by atoms with Crippen molar-refractivity contribution in [3.05, 3.63) is 0 Å². The lowest BCUT2D eigenvalue weighted by atomic mass is 10.0. The number of carbonyl (C=O) groups is 1. The van der Waals surface area contributed by atoms with Crippen LogP contribution < -0.4 is 5.73 Å². The molecule has 0 heterocycles. The zero-order chi connectivity index (χ0) is 12.2. The quantitative estimate of drug-likeness (QED) is 0.672. The normalized spacial score (nSPS) is 30.1. The van der Waals surface area contributed by atoms with Crippen molar-refractivity contribution in [2.45, 2.75) is 18.4 Å². The van der Waals surface area contributed by atoms with Gasteiger partial charge in [0.05, 0.1) is 5.92 Å². The van der Waals surface area contributed by atoms with Gasteiger partial charge >= 0.3 is 18.3 Å². The Morgan fingerprint density at radius 3 is 1.53 bits per heavy atom. The predicted octanol–water partition coefficient (Wildman–Crippen LogP) is 1.14. The second-order valence-electron chi connectivity index (χ2n) is 3.21. The molecule has 9 heteroatoms. The molecule has 0 aliphatic heterocycles. The van der Waals surface area contributed by atoms with Gasteiger partial charge in [-0.1, -0.05) is 0 Å². The molecule has 0 spiro atoms. The standard InChI is InChI=1S/C6H5F6NO2/c7-5(8,9)4(6(10,11)12)1(2(4)13)3(14)15/h1-2H,13H2,(H,14,15). The van der Waals surface area contributed by atoms with Crippen LogP contribution in [0.5, 0.6) is 0 Å². The van der Waals surface area contributed by atoms with Crippen molar-refractivity contribution in [1.29, 1.82) is 0 Å². The Bertz CT molecular complexity index is 281. The van der Waals surface area contributed by atoms with E-state index in [-0.39, 0.29) is 0 Å². The number of hydrogen-bond donors (Lipinski definition) is 2. The molecule has 15 heavy (non-hydrogen) atoms. The molecule has 1 aliphatic carbocycles. The average Bonchev–Trinajstić information content (AvgIpc) is 2.53. The van der Waals surface area contributed by atoms with Crippen LogP contribution in [0.2, 0.25) is 0 Å². The summed E-state index contributed by atoms with van der Waals surface area (Å²) < 4.78 is 73.1. The Morgan fingerprint density at radius 2 is 1.47 bits per heavy atom. The smallest absolute Gasteiger partial charge is 0.405 e. The summed E-state index contributed by atoms with van der Waals surface area (Å²) in [6.45, 7) is 0. The van der Waals surface area contributed by atoms with Crippen LogP contribution in [0.4, 0.5) is 26.3 Å². The number of halogens is 6. The van der Waals surface area contributed by atoms with E-state index in [4.69, 9.17) is 5.11 Å². The van der Waals surface area contributed by atoms with Crippen molar-refractivity contribution < 1.29 is 36.2 Å². The van der Waals surface area contributed by atoms with E-state index in [0.717, 1.165) is 0 Å². The highest BCUT2D eigenvalue weighted by Crippen LogP contribution is 2.69. The van der Waals surface area contributed by atoms with Crippen LogP contribution in [0.1, 0.15) is 0 Å². The molecule has 0 saturated heterocycles. The van der Waals surface area contributed by atoms with Crippen LogP contribution in [0.25, 0.3) is 0 Å². The number of carboxylic acid groups (broad SMARTS) is 1. The Hall–Kier alpha value is -0.990. The molecular formula is C6H5F6NO2. The van der Waals surface area contributed by atoms with Gasteiger partial charge in [-0.25, -0.2) is 0 Å². The second-order valence-corrected chi connectivity index (χ2v) is 3.21. The van der Waals surface area contributed by atoms with Crippen LogP contribution in [0, 0.1) is 11.3 Å². The molecule has 2 atom stereocenters. The lowest BCUT2D eigenvalue weighted by Gasteiger charge is -2.23. The van der Waals surface area contributed by atoms with E-state index in [1.165, 1.54) is 0 Å². The zero-order valence-corrected chi connectivity index (χ0v) is 6.86. The summed E-state index contributed by atoms with van der Waals surface area (Å²) in [5, 5.41) is 8.21. The van der Waals surface area contributed by atoms with Crippen molar-refractivity contribution in [3.8, 4) is 0 Å². The summed E-state index contributed by atoms with van der Waals surface area (Å²) in [6.07, 6.45) is -11.4. The Morgan fingerprint density at radius 1 is 1.13 bits per heavy atom. The lowest BCUT2D eigenvalue weighted by molar-refractivity contribution is -0.306. The minimum atomic E-state index is -5.71. The summed E-state index contributed by atoms with van der Waals surface area (Å²) in [7, 11) is 0. The zero-order valence-electron chi connectivity index (χ0n) is 6.86. The first-order chi connectivity index (χ1) is 6.48. The molecule has 0 aromatic rings. The molecule has 2 unspecified atom stereocenters. The maximum absolute atomic E-state index is 12.2. The Balaban J connectivity index is 3.21. The fourth-order valence-electron chi connectivity index (χ4n) is 1.65.